The summed E-state index contributed by atoms with van der Waals surface area (Å²) >= 11 is 0. The van der Waals surface area contributed by atoms with E-state index in [1.807, 2.05) is 0 Å². The van der Waals surface area contributed by atoms with Crippen molar-refractivity contribution in [1.29, 1.82) is 5.26 Å². The Morgan fingerprint density at radius 3 is 2.05 bits per heavy atom. The molecule has 0 aromatic carbocycles. The Kier molecular flexibility index (Phi) is 2.46. The molecule has 1 N–H and O–H groups in total. The number of hydrogen-bond donors (Lipinski definition) is 1. The van der Waals surface area contributed by atoms with Gasteiger partial charge in [-0.2, -0.15) is 5.26 Å². The van der Waals surface area contributed by atoms with Crippen molar-refractivity contribution in [3.8, 4) is 6.07 Å². The molecule has 3 nitrogen and oxygen atoms in total. The largest absolute Gasteiger partial charge is 0.340 e. The number of carbonyl (C=O) groups excluding carboxylic acids is 1. The predicted molar refractivity (Wildman–Crippen MR) is 70.9 cm³/mol. The second kappa shape index (κ2) is 3.98. The highest BCUT2D eigenvalue weighted by molar-refractivity contribution is 5.81. The Morgan fingerprint density at radius 2 is 1.63 bits per heavy atom. The number of nitrogens with one attached hydrogen (secondary N) is 1. The average Bonchev–Trinajstić information content (AvgIpc) is 3.17. The summed E-state index contributed by atoms with van der Waals surface area (Å²) < 4.78 is 0. The molecule has 1 atom stereocenters. The first-order valence-corrected chi connectivity index (χ1v) is 7.88. The lowest BCUT2D eigenvalue weighted by Crippen LogP contribution is -2.56. The Hall–Kier alpha value is -1.04. The standard InChI is InChI=1S/C16H22N2O/c17-9-14(18-15(19)13-1-2-13)16-6-10-3-11(7-16)5-12(4-10)8-16/h10-14H,1-8H2,(H,18,19). The summed E-state index contributed by atoms with van der Waals surface area (Å²) in [5.41, 5.74) is 0.119. The molecule has 0 spiro atoms. The van der Waals surface area contributed by atoms with Crippen LogP contribution in [-0.4, -0.2) is 11.9 Å². The Bertz CT molecular complexity index is 411. The fraction of sp³-hybridized carbons (Fsp3) is 0.875. The van der Waals surface area contributed by atoms with Gasteiger partial charge in [0.25, 0.3) is 0 Å². The maximum atomic E-state index is 12.0. The van der Waals surface area contributed by atoms with Crippen LogP contribution in [0.15, 0.2) is 0 Å². The van der Waals surface area contributed by atoms with Crippen molar-refractivity contribution in [3.05, 3.63) is 0 Å². The second-order valence-corrected chi connectivity index (χ2v) is 7.62. The Balaban J connectivity index is 1.55. The van der Waals surface area contributed by atoms with Gasteiger partial charge < -0.3 is 5.32 Å². The van der Waals surface area contributed by atoms with Gasteiger partial charge in [-0.3, -0.25) is 4.79 Å². The third kappa shape index (κ3) is 1.88. The minimum Gasteiger partial charge on any atom is -0.340 e. The van der Waals surface area contributed by atoms with Crippen LogP contribution in [-0.2, 0) is 4.79 Å². The number of carbonyl (C=O) groups is 1. The SMILES string of the molecule is N#CC(NC(=O)C1CC1)C12CC3CC(CC(C3)C1)C2. The molecule has 0 aromatic rings. The van der Waals surface area contributed by atoms with Crippen molar-refractivity contribution in [2.75, 3.05) is 0 Å². The first-order chi connectivity index (χ1) is 9.18. The van der Waals surface area contributed by atoms with E-state index in [-0.39, 0.29) is 23.3 Å². The fourth-order valence-corrected chi connectivity index (χ4v) is 5.46. The van der Waals surface area contributed by atoms with Crippen molar-refractivity contribution in [3.63, 3.8) is 0 Å². The number of rotatable bonds is 3. The van der Waals surface area contributed by atoms with Crippen LogP contribution in [0.2, 0.25) is 0 Å². The minimum absolute atomic E-state index is 0.119. The van der Waals surface area contributed by atoms with E-state index in [0.717, 1.165) is 30.6 Å². The molecule has 5 saturated carbocycles. The molecule has 1 amide bonds. The number of amides is 1. The quantitative estimate of drug-likeness (QED) is 0.846. The molecule has 0 heterocycles. The van der Waals surface area contributed by atoms with Crippen molar-refractivity contribution in [2.24, 2.45) is 29.1 Å². The van der Waals surface area contributed by atoms with Crippen LogP contribution < -0.4 is 5.32 Å². The molecule has 0 saturated heterocycles. The first-order valence-electron chi connectivity index (χ1n) is 7.88. The lowest BCUT2D eigenvalue weighted by molar-refractivity contribution is -0.126. The summed E-state index contributed by atoms with van der Waals surface area (Å²) in [6.07, 6.45) is 9.73. The predicted octanol–water partition coefficient (Wildman–Crippen LogP) is 2.62. The van der Waals surface area contributed by atoms with E-state index in [1.54, 1.807) is 0 Å². The molecule has 19 heavy (non-hydrogen) atoms. The van der Waals surface area contributed by atoms with Gasteiger partial charge in [0.05, 0.1) is 6.07 Å². The summed E-state index contributed by atoms with van der Waals surface area (Å²) in [4.78, 5) is 12.0. The van der Waals surface area contributed by atoms with E-state index >= 15 is 0 Å². The van der Waals surface area contributed by atoms with Crippen molar-refractivity contribution in [2.45, 2.75) is 57.4 Å². The van der Waals surface area contributed by atoms with Crippen LogP contribution in [0.3, 0.4) is 0 Å². The maximum Gasteiger partial charge on any atom is 0.224 e. The molecule has 0 aromatic heterocycles. The highest BCUT2D eigenvalue weighted by atomic mass is 16.2. The molecule has 3 heteroatoms. The average molecular weight is 258 g/mol. The smallest absolute Gasteiger partial charge is 0.224 e. The zero-order chi connectivity index (χ0) is 13.0. The van der Waals surface area contributed by atoms with Crippen molar-refractivity contribution in [1.82, 2.24) is 5.32 Å². The maximum absolute atomic E-state index is 12.0. The molecule has 5 aliphatic carbocycles. The molecule has 5 rings (SSSR count). The molecule has 4 bridgehead atoms. The van der Waals surface area contributed by atoms with Crippen LogP contribution in [0.25, 0.3) is 0 Å². The minimum atomic E-state index is -0.228. The molecule has 0 aliphatic heterocycles. The fourth-order valence-electron chi connectivity index (χ4n) is 5.46. The molecular formula is C16H22N2O. The summed E-state index contributed by atoms with van der Waals surface area (Å²) in [5, 5.41) is 12.7. The normalized spacial score (nSPS) is 44.7. The van der Waals surface area contributed by atoms with Gasteiger partial charge in [0.15, 0.2) is 0 Å². The lowest BCUT2D eigenvalue weighted by atomic mass is 9.48. The van der Waals surface area contributed by atoms with Crippen LogP contribution >= 0.6 is 0 Å². The van der Waals surface area contributed by atoms with Gasteiger partial charge in [-0.05, 0) is 69.1 Å². The molecule has 102 valence electrons. The summed E-state index contributed by atoms with van der Waals surface area (Å²) in [5.74, 6) is 2.85. The first kappa shape index (κ1) is 11.8. The molecule has 5 fully saturated rings. The third-order valence-electron chi connectivity index (χ3n) is 6.06. The third-order valence-corrected chi connectivity index (χ3v) is 6.06. The summed E-state index contributed by atoms with van der Waals surface area (Å²) in [6, 6.07) is 2.21. The van der Waals surface area contributed by atoms with E-state index in [2.05, 4.69) is 11.4 Å². The van der Waals surface area contributed by atoms with Crippen LogP contribution in [0.4, 0.5) is 0 Å². The van der Waals surface area contributed by atoms with E-state index in [9.17, 15) is 10.1 Å². The summed E-state index contributed by atoms with van der Waals surface area (Å²) in [7, 11) is 0. The van der Waals surface area contributed by atoms with Gasteiger partial charge in [0, 0.05) is 11.3 Å². The Morgan fingerprint density at radius 1 is 1.11 bits per heavy atom. The zero-order valence-electron chi connectivity index (χ0n) is 11.4. The monoisotopic (exact) mass is 258 g/mol. The van der Waals surface area contributed by atoms with Crippen LogP contribution in [0, 0.1) is 40.4 Å². The van der Waals surface area contributed by atoms with E-state index in [4.69, 9.17) is 0 Å². The van der Waals surface area contributed by atoms with Crippen LogP contribution in [0.5, 0.6) is 0 Å². The summed E-state index contributed by atoms with van der Waals surface area (Å²) in [6.45, 7) is 0. The number of nitrogens with zero attached hydrogens (tertiary/aromatic N) is 1. The molecule has 5 aliphatic rings. The van der Waals surface area contributed by atoms with Gasteiger partial charge in [0.2, 0.25) is 5.91 Å². The molecule has 1 unspecified atom stereocenters. The van der Waals surface area contributed by atoms with Crippen molar-refractivity contribution >= 4 is 5.91 Å². The Labute approximate surface area is 114 Å². The highest BCUT2D eigenvalue weighted by Crippen LogP contribution is 2.61. The van der Waals surface area contributed by atoms with Crippen molar-refractivity contribution < 1.29 is 4.79 Å². The zero-order valence-corrected chi connectivity index (χ0v) is 11.4. The van der Waals surface area contributed by atoms with Gasteiger partial charge in [-0.15, -0.1) is 0 Å². The number of nitriles is 1. The van der Waals surface area contributed by atoms with Gasteiger partial charge in [0.1, 0.15) is 6.04 Å². The van der Waals surface area contributed by atoms with E-state index in [1.165, 1.54) is 38.5 Å². The number of hydrogen-bond acceptors (Lipinski definition) is 2. The van der Waals surface area contributed by atoms with Gasteiger partial charge >= 0.3 is 0 Å². The highest BCUT2D eigenvalue weighted by Gasteiger charge is 2.55. The van der Waals surface area contributed by atoms with E-state index < -0.39 is 0 Å². The molecule has 0 radical (unpaired) electrons. The van der Waals surface area contributed by atoms with Crippen LogP contribution in [0.1, 0.15) is 51.4 Å². The van der Waals surface area contributed by atoms with Gasteiger partial charge in [-0.1, -0.05) is 0 Å². The molecular weight excluding hydrogens is 236 g/mol. The lowest BCUT2D eigenvalue weighted by Gasteiger charge is -2.58. The van der Waals surface area contributed by atoms with Gasteiger partial charge in [-0.25, -0.2) is 0 Å². The van der Waals surface area contributed by atoms with E-state index in [0.29, 0.717) is 0 Å². The topological polar surface area (TPSA) is 52.9 Å². The second-order valence-electron chi connectivity index (χ2n) is 7.62.